The molecule has 0 aromatic heterocycles. The average Bonchev–Trinajstić information content (AvgIpc) is 2.09. The first-order chi connectivity index (χ1) is 5.70. The summed E-state index contributed by atoms with van der Waals surface area (Å²) in [6, 6.07) is 5.72. The third kappa shape index (κ3) is 1.71. The largest absolute Gasteiger partial charge is 0.326 e. The second kappa shape index (κ2) is 4.08. The van der Waals surface area contributed by atoms with Gasteiger partial charge in [-0.3, -0.25) is 0 Å². The Morgan fingerprint density at radius 2 is 2.25 bits per heavy atom. The fraction of sp³-hybridized carbons (Fsp3) is 0.125. The molecular formula is C8H6ClIN2. The Kier molecular flexibility index (Phi) is 3.32. The van der Waals surface area contributed by atoms with Gasteiger partial charge in [-0.05, 0) is 34.2 Å². The summed E-state index contributed by atoms with van der Waals surface area (Å²) in [4.78, 5) is 0. The van der Waals surface area contributed by atoms with Crippen molar-refractivity contribution in [2.24, 2.45) is 5.73 Å². The lowest BCUT2D eigenvalue weighted by molar-refractivity contribution is 1.06. The molecule has 1 aromatic rings. The molecule has 0 bridgehead atoms. The normalized spacial score (nSPS) is 9.50. The minimum absolute atomic E-state index is 0.347. The van der Waals surface area contributed by atoms with Crippen molar-refractivity contribution in [2.45, 2.75) is 6.54 Å². The van der Waals surface area contributed by atoms with Gasteiger partial charge in [0.1, 0.15) is 6.07 Å². The van der Waals surface area contributed by atoms with Crippen molar-refractivity contribution in [1.29, 1.82) is 5.26 Å². The van der Waals surface area contributed by atoms with E-state index in [4.69, 9.17) is 22.6 Å². The van der Waals surface area contributed by atoms with Gasteiger partial charge in [0.15, 0.2) is 0 Å². The molecule has 0 fully saturated rings. The summed E-state index contributed by atoms with van der Waals surface area (Å²) in [5, 5.41) is 9.26. The molecule has 0 heterocycles. The molecule has 0 spiro atoms. The van der Waals surface area contributed by atoms with Crippen LogP contribution in [0, 0.1) is 14.9 Å². The number of halogens is 2. The summed E-state index contributed by atoms with van der Waals surface area (Å²) in [7, 11) is 0. The summed E-state index contributed by atoms with van der Waals surface area (Å²) in [5.41, 5.74) is 6.72. The van der Waals surface area contributed by atoms with Crippen LogP contribution in [0.25, 0.3) is 0 Å². The smallest absolute Gasteiger partial charge is 0.101 e. The first-order valence-electron chi connectivity index (χ1n) is 3.27. The van der Waals surface area contributed by atoms with E-state index in [9.17, 15) is 0 Å². The molecule has 0 aliphatic heterocycles. The van der Waals surface area contributed by atoms with E-state index >= 15 is 0 Å². The van der Waals surface area contributed by atoms with Crippen molar-refractivity contribution >= 4 is 34.2 Å². The van der Waals surface area contributed by atoms with E-state index in [1.54, 1.807) is 0 Å². The summed E-state index contributed by atoms with van der Waals surface area (Å²) in [5.74, 6) is 0. The summed E-state index contributed by atoms with van der Waals surface area (Å²) >= 11 is 7.97. The predicted octanol–water partition coefficient (Wildman–Crippen LogP) is 2.27. The van der Waals surface area contributed by atoms with Gasteiger partial charge >= 0.3 is 0 Å². The third-order valence-corrected chi connectivity index (χ3v) is 3.12. The highest BCUT2D eigenvalue weighted by Crippen LogP contribution is 2.24. The monoisotopic (exact) mass is 292 g/mol. The van der Waals surface area contributed by atoms with Crippen LogP contribution < -0.4 is 5.73 Å². The molecule has 2 nitrogen and oxygen atoms in total. The lowest BCUT2D eigenvalue weighted by Gasteiger charge is -2.03. The molecular weight excluding hydrogens is 286 g/mol. The zero-order valence-corrected chi connectivity index (χ0v) is 9.06. The highest BCUT2D eigenvalue weighted by atomic mass is 127. The highest BCUT2D eigenvalue weighted by Gasteiger charge is 2.07. The van der Waals surface area contributed by atoms with Crippen LogP contribution in [0.2, 0.25) is 5.02 Å². The predicted molar refractivity (Wildman–Crippen MR) is 56.8 cm³/mol. The maximum atomic E-state index is 8.76. The number of hydrogen-bond acceptors (Lipinski definition) is 2. The van der Waals surface area contributed by atoms with E-state index in [1.165, 1.54) is 0 Å². The molecule has 0 aliphatic rings. The van der Waals surface area contributed by atoms with Crippen LogP contribution in [0.15, 0.2) is 12.1 Å². The Balaban J connectivity index is 3.38. The molecule has 1 rings (SSSR count). The van der Waals surface area contributed by atoms with Crippen molar-refractivity contribution in [1.82, 2.24) is 0 Å². The van der Waals surface area contributed by atoms with E-state index in [1.807, 2.05) is 18.2 Å². The van der Waals surface area contributed by atoms with Crippen molar-refractivity contribution in [2.75, 3.05) is 0 Å². The lowest BCUT2D eigenvalue weighted by Crippen LogP contribution is -2.00. The number of nitrogens with two attached hydrogens (primary N) is 1. The van der Waals surface area contributed by atoms with E-state index in [-0.39, 0.29) is 0 Å². The van der Waals surface area contributed by atoms with Gasteiger partial charge in [0, 0.05) is 10.1 Å². The number of nitriles is 1. The van der Waals surface area contributed by atoms with Crippen molar-refractivity contribution in [3.8, 4) is 6.07 Å². The van der Waals surface area contributed by atoms with Crippen molar-refractivity contribution in [3.05, 3.63) is 31.9 Å². The molecule has 1 aromatic carbocycles. The molecule has 2 N–H and O–H groups in total. The molecule has 0 unspecified atom stereocenters. The van der Waals surface area contributed by atoms with Gasteiger partial charge in [0.2, 0.25) is 0 Å². The fourth-order valence-corrected chi connectivity index (χ4v) is 1.56. The summed E-state index contributed by atoms with van der Waals surface area (Å²) < 4.78 is 0.878. The van der Waals surface area contributed by atoms with Crippen LogP contribution in [-0.2, 0) is 6.54 Å². The van der Waals surface area contributed by atoms with Crippen LogP contribution in [0.5, 0.6) is 0 Å². The van der Waals surface area contributed by atoms with Gasteiger partial charge in [-0.25, -0.2) is 0 Å². The molecule has 0 atom stereocenters. The van der Waals surface area contributed by atoms with Crippen molar-refractivity contribution in [3.63, 3.8) is 0 Å². The molecule has 62 valence electrons. The van der Waals surface area contributed by atoms with Gasteiger partial charge in [-0.15, -0.1) is 0 Å². The number of benzene rings is 1. The SMILES string of the molecule is N#Cc1c(CN)ccc(I)c1Cl. The van der Waals surface area contributed by atoms with Gasteiger partial charge < -0.3 is 5.73 Å². The maximum absolute atomic E-state index is 8.76. The standard InChI is InChI=1S/C8H6ClIN2/c9-8-6(4-12)5(3-11)1-2-7(8)10/h1-2H,3,11H2. The quantitative estimate of drug-likeness (QED) is 0.807. The number of rotatable bonds is 1. The second-order valence-corrected chi connectivity index (χ2v) is 3.75. The molecule has 12 heavy (non-hydrogen) atoms. The van der Waals surface area contributed by atoms with Crippen molar-refractivity contribution < 1.29 is 0 Å². The first kappa shape index (κ1) is 9.78. The van der Waals surface area contributed by atoms with E-state index < -0.39 is 0 Å². The molecule has 0 saturated carbocycles. The average molecular weight is 293 g/mol. The van der Waals surface area contributed by atoms with Crippen LogP contribution in [0.3, 0.4) is 0 Å². The van der Waals surface area contributed by atoms with Gasteiger partial charge in [-0.1, -0.05) is 17.7 Å². The van der Waals surface area contributed by atoms with E-state index in [2.05, 4.69) is 22.6 Å². The molecule has 0 saturated heterocycles. The zero-order chi connectivity index (χ0) is 9.14. The van der Waals surface area contributed by atoms with Gasteiger partial charge in [0.05, 0.1) is 10.6 Å². The van der Waals surface area contributed by atoms with Crippen LogP contribution in [0.4, 0.5) is 0 Å². The number of nitrogens with zero attached hydrogens (tertiary/aromatic N) is 1. The Bertz CT molecular complexity index is 344. The fourth-order valence-electron chi connectivity index (χ4n) is 0.882. The molecule has 0 aliphatic carbocycles. The lowest BCUT2D eigenvalue weighted by atomic mass is 10.1. The maximum Gasteiger partial charge on any atom is 0.101 e. The molecule has 0 radical (unpaired) electrons. The van der Waals surface area contributed by atoms with Crippen LogP contribution in [0.1, 0.15) is 11.1 Å². The highest BCUT2D eigenvalue weighted by molar-refractivity contribution is 14.1. The molecule has 4 heteroatoms. The minimum Gasteiger partial charge on any atom is -0.326 e. The third-order valence-electron chi connectivity index (χ3n) is 1.51. The first-order valence-corrected chi connectivity index (χ1v) is 4.73. The van der Waals surface area contributed by atoms with Gasteiger partial charge in [-0.2, -0.15) is 5.26 Å². The summed E-state index contributed by atoms with van der Waals surface area (Å²) in [6.07, 6.45) is 0. The Morgan fingerprint density at radius 1 is 1.58 bits per heavy atom. The Morgan fingerprint density at radius 3 is 2.75 bits per heavy atom. The summed E-state index contributed by atoms with van der Waals surface area (Å²) in [6.45, 7) is 0.347. The Hall–Kier alpha value is -0.310. The van der Waals surface area contributed by atoms with Crippen LogP contribution >= 0.6 is 34.2 Å². The zero-order valence-electron chi connectivity index (χ0n) is 6.14. The number of hydrogen-bond donors (Lipinski definition) is 1. The molecule has 0 amide bonds. The van der Waals surface area contributed by atoms with E-state index in [0.29, 0.717) is 17.1 Å². The van der Waals surface area contributed by atoms with Gasteiger partial charge in [0.25, 0.3) is 0 Å². The minimum atomic E-state index is 0.347. The van der Waals surface area contributed by atoms with Crippen LogP contribution in [-0.4, -0.2) is 0 Å². The topological polar surface area (TPSA) is 49.8 Å². The second-order valence-electron chi connectivity index (χ2n) is 2.21. The van der Waals surface area contributed by atoms with E-state index in [0.717, 1.165) is 9.13 Å². The Labute approximate surface area is 89.5 Å².